The van der Waals surface area contributed by atoms with Crippen LogP contribution in [0.25, 0.3) is 0 Å². The monoisotopic (exact) mass is 508 g/mol. The first-order chi connectivity index (χ1) is 16.1. The van der Waals surface area contributed by atoms with Gasteiger partial charge in [-0.3, -0.25) is 15.1 Å². The predicted molar refractivity (Wildman–Crippen MR) is 126 cm³/mol. The Kier molecular flexibility index (Phi) is 7.00. The van der Waals surface area contributed by atoms with Crippen LogP contribution in [0.4, 0.5) is 13.2 Å². The van der Waals surface area contributed by atoms with E-state index in [2.05, 4.69) is 15.3 Å². The Morgan fingerprint density at radius 3 is 2.35 bits per heavy atom. The number of carbonyl (C=O) groups is 1. The van der Waals surface area contributed by atoms with Crippen molar-refractivity contribution in [1.82, 2.24) is 15.3 Å². The van der Waals surface area contributed by atoms with Gasteiger partial charge < -0.3 is 0 Å². The minimum atomic E-state index is -1.69. The van der Waals surface area contributed by atoms with Gasteiger partial charge in [-0.05, 0) is 55.2 Å². The van der Waals surface area contributed by atoms with E-state index < -0.39 is 29.1 Å². The highest BCUT2D eigenvalue weighted by molar-refractivity contribution is 7.10. The molecule has 34 heavy (non-hydrogen) atoms. The van der Waals surface area contributed by atoms with Crippen LogP contribution in [0, 0.1) is 17.6 Å². The van der Waals surface area contributed by atoms with Gasteiger partial charge in [0, 0.05) is 35.5 Å². The van der Waals surface area contributed by atoms with Crippen molar-refractivity contribution in [3.63, 3.8) is 0 Å². The lowest BCUT2D eigenvalue weighted by Crippen LogP contribution is -2.53. The number of hydrogen-bond donors (Lipinski definition) is 2. The first-order valence-electron chi connectivity index (χ1n) is 10.7. The van der Waals surface area contributed by atoms with Crippen LogP contribution in [0.5, 0.6) is 0 Å². The second kappa shape index (κ2) is 9.65. The average molecular weight is 509 g/mol. The van der Waals surface area contributed by atoms with E-state index in [0.29, 0.717) is 28.7 Å². The molecule has 2 atom stereocenters. The zero-order valence-electron chi connectivity index (χ0n) is 18.6. The summed E-state index contributed by atoms with van der Waals surface area (Å²) in [5.74, 6) is 2.41. The van der Waals surface area contributed by atoms with E-state index in [1.807, 2.05) is 12.1 Å². The summed E-state index contributed by atoms with van der Waals surface area (Å²) in [6, 6.07) is 10.2. The third-order valence-corrected chi connectivity index (χ3v) is 7.21. The lowest BCUT2D eigenvalue weighted by Gasteiger charge is -2.49. The largest absolute Gasteiger partial charge is 0.290 e. The number of nitrogens with two attached hydrogens (primary N) is 1. The maximum Gasteiger partial charge on any atom is 0.284 e. The smallest absolute Gasteiger partial charge is 0.284 e. The molecule has 1 amide bonds. The number of likely N-dealkylation sites (tertiary alicyclic amines) is 1. The molecule has 10 heteroatoms. The number of hydrazine groups is 1. The molecule has 5 nitrogen and oxygen atoms in total. The van der Waals surface area contributed by atoms with Crippen LogP contribution in [0.3, 0.4) is 0 Å². The third kappa shape index (κ3) is 5.12. The number of halogens is 4. The summed E-state index contributed by atoms with van der Waals surface area (Å²) >= 11 is 7.38. The molecule has 1 aliphatic rings. The fourth-order valence-electron chi connectivity index (χ4n) is 4.70. The van der Waals surface area contributed by atoms with Gasteiger partial charge in [0.25, 0.3) is 5.91 Å². The molecule has 3 aromatic rings. The summed E-state index contributed by atoms with van der Waals surface area (Å²) < 4.78 is 43.1. The van der Waals surface area contributed by atoms with E-state index in [4.69, 9.17) is 17.4 Å². The van der Waals surface area contributed by atoms with Crippen LogP contribution in [-0.4, -0.2) is 34.5 Å². The molecule has 1 aliphatic heterocycles. The minimum Gasteiger partial charge on any atom is -0.290 e. The number of hydrogen-bond acceptors (Lipinski definition) is 5. The zero-order valence-corrected chi connectivity index (χ0v) is 20.1. The molecule has 1 saturated heterocycles. The highest BCUT2D eigenvalue weighted by atomic mass is 35.5. The topological polar surface area (TPSA) is 71.2 Å². The van der Waals surface area contributed by atoms with E-state index in [1.165, 1.54) is 37.3 Å². The quantitative estimate of drug-likeness (QED) is 0.260. The van der Waals surface area contributed by atoms with Crippen LogP contribution >= 0.6 is 22.9 Å². The highest BCUT2D eigenvalue weighted by Crippen LogP contribution is 2.46. The standard InChI is InChI=1S/C24H24ClF3N4OS/c1-24(2,28)20(14-7-17(26)9-18(27)8-14)15-10-32(11-15)21(13-3-5-16(25)6-4-13)23-30-19(12-34-23)22(33)31-29/h3-9,12,15,20-21H,10-11,29H2,1-2H3,(H,31,33)/t20-,21+/m1/s1. The maximum atomic E-state index is 15.3. The summed E-state index contributed by atoms with van der Waals surface area (Å²) in [5.41, 5.74) is 1.79. The van der Waals surface area contributed by atoms with Crippen molar-refractivity contribution in [2.75, 3.05) is 13.1 Å². The average Bonchev–Trinajstić information content (AvgIpc) is 3.21. The van der Waals surface area contributed by atoms with E-state index in [0.717, 1.165) is 11.6 Å². The number of nitrogens with one attached hydrogen (secondary N) is 1. The zero-order chi connectivity index (χ0) is 24.6. The molecular formula is C24H24ClF3N4OS. The van der Waals surface area contributed by atoms with Crippen molar-refractivity contribution in [3.05, 3.63) is 86.3 Å². The van der Waals surface area contributed by atoms with Crippen LogP contribution in [0.2, 0.25) is 5.02 Å². The van der Waals surface area contributed by atoms with E-state index >= 15 is 4.39 Å². The lowest BCUT2D eigenvalue weighted by molar-refractivity contribution is 0.00797. The van der Waals surface area contributed by atoms with Crippen molar-refractivity contribution in [2.45, 2.75) is 31.5 Å². The number of rotatable bonds is 7. The molecule has 3 N–H and O–H groups in total. The van der Waals surface area contributed by atoms with Gasteiger partial charge in [-0.25, -0.2) is 24.0 Å². The van der Waals surface area contributed by atoms with Gasteiger partial charge in [0.15, 0.2) is 0 Å². The number of carbonyl (C=O) groups excluding carboxylic acids is 1. The molecule has 180 valence electrons. The molecule has 0 aliphatic carbocycles. The Balaban J connectivity index is 1.63. The number of thiazole rings is 1. The van der Waals surface area contributed by atoms with Gasteiger partial charge >= 0.3 is 0 Å². The molecule has 0 radical (unpaired) electrons. The predicted octanol–water partition coefficient (Wildman–Crippen LogP) is 5.23. The second-order valence-electron chi connectivity index (χ2n) is 8.96. The summed E-state index contributed by atoms with van der Waals surface area (Å²) in [5, 5.41) is 2.88. The fourth-order valence-corrected chi connectivity index (χ4v) is 5.78. The molecule has 2 heterocycles. The van der Waals surface area contributed by atoms with Gasteiger partial charge in [-0.1, -0.05) is 23.7 Å². The van der Waals surface area contributed by atoms with Crippen LogP contribution in [0.15, 0.2) is 47.8 Å². The SMILES string of the molecule is CC(C)(F)[C@H](c1cc(F)cc(F)c1)C1CN([C@@H](c2ccc(Cl)cc2)c2nc(C(=O)NN)cs2)C1. The summed E-state index contributed by atoms with van der Waals surface area (Å²) in [4.78, 5) is 18.5. The van der Waals surface area contributed by atoms with Crippen molar-refractivity contribution in [2.24, 2.45) is 11.8 Å². The molecule has 1 fully saturated rings. The fraction of sp³-hybridized carbons (Fsp3) is 0.333. The molecule has 1 aromatic heterocycles. The summed E-state index contributed by atoms with van der Waals surface area (Å²) in [6.07, 6.45) is 0. The van der Waals surface area contributed by atoms with Crippen molar-refractivity contribution < 1.29 is 18.0 Å². The molecular weight excluding hydrogens is 485 g/mol. The first kappa shape index (κ1) is 24.7. The van der Waals surface area contributed by atoms with Crippen molar-refractivity contribution in [3.8, 4) is 0 Å². The van der Waals surface area contributed by atoms with Gasteiger partial charge in [-0.2, -0.15) is 0 Å². The number of benzene rings is 2. The molecule has 0 unspecified atom stereocenters. The molecule has 0 saturated carbocycles. The molecule has 0 spiro atoms. The lowest BCUT2D eigenvalue weighted by atomic mass is 9.72. The van der Waals surface area contributed by atoms with Gasteiger partial charge in [0.05, 0.1) is 6.04 Å². The third-order valence-electron chi connectivity index (χ3n) is 6.06. The Morgan fingerprint density at radius 2 is 1.79 bits per heavy atom. The summed E-state index contributed by atoms with van der Waals surface area (Å²) in [6.45, 7) is 3.81. The van der Waals surface area contributed by atoms with Crippen molar-refractivity contribution >= 4 is 28.8 Å². The van der Waals surface area contributed by atoms with Crippen LogP contribution in [0.1, 0.15) is 52.4 Å². The Hall–Kier alpha value is -2.46. The molecule has 4 rings (SSSR count). The number of nitrogens with zero attached hydrogens (tertiary/aromatic N) is 2. The number of amides is 1. The van der Waals surface area contributed by atoms with Crippen molar-refractivity contribution in [1.29, 1.82) is 0 Å². The normalized spacial score (nSPS) is 16.7. The molecule has 2 aromatic carbocycles. The second-order valence-corrected chi connectivity index (χ2v) is 10.3. The Morgan fingerprint density at radius 1 is 1.18 bits per heavy atom. The van der Waals surface area contributed by atoms with E-state index in [1.54, 1.807) is 17.5 Å². The van der Waals surface area contributed by atoms with Crippen LogP contribution < -0.4 is 11.3 Å². The Labute approximate surface area is 204 Å². The number of nitrogen functional groups attached to an aromatic ring is 1. The maximum absolute atomic E-state index is 15.3. The van der Waals surface area contributed by atoms with Gasteiger partial charge in [-0.15, -0.1) is 11.3 Å². The highest BCUT2D eigenvalue weighted by Gasteiger charge is 2.46. The first-order valence-corrected chi connectivity index (χ1v) is 11.9. The minimum absolute atomic E-state index is 0.178. The summed E-state index contributed by atoms with van der Waals surface area (Å²) in [7, 11) is 0. The van der Waals surface area contributed by atoms with E-state index in [-0.39, 0.29) is 17.7 Å². The van der Waals surface area contributed by atoms with E-state index in [9.17, 15) is 13.6 Å². The van der Waals surface area contributed by atoms with Crippen LogP contribution in [-0.2, 0) is 0 Å². The van der Waals surface area contributed by atoms with Gasteiger partial charge in [0.2, 0.25) is 0 Å². The number of aromatic nitrogens is 1. The Bertz CT molecular complexity index is 1160. The number of alkyl halides is 1. The molecule has 0 bridgehead atoms. The van der Waals surface area contributed by atoms with Gasteiger partial charge in [0.1, 0.15) is 28.0 Å².